The van der Waals surface area contributed by atoms with Crippen LogP contribution in [0.25, 0.3) is 10.9 Å². The first-order valence-corrected chi connectivity index (χ1v) is 11.2. The lowest BCUT2D eigenvalue weighted by Gasteiger charge is -2.30. The van der Waals surface area contributed by atoms with Crippen LogP contribution in [-0.2, 0) is 18.4 Å². The molecule has 0 aliphatic heterocycles. The Bertz CT molecular complexity index is 1170. The van der Waals surface area contributed by atoms with Gasteiger partial charge in [0.2, 0.25) is 0 Å². The van der Waals surface area contributed by atoms with Crippen LogP contribution in [0.3, 0.4) is 0 Å². The van der Waals surface area contributed by atoms with Gasteiger partial charge in [0.1, 0.15) is 5.60 Å². The van der Waals surface area contributed by atoms with Gasteiger partial charge in [-0.25, -0.2) is 0 Å². The van der Waals surface area contributed by atoms with Crippen molar-refractivity contribution in [3.05, 3.63) is 89.6 Å². The summed E-state index contributed by atoms with van der Waals surface area (Å²) in [5, 5.41) is 18.3. The second-order valence-corrected chi connectivity index (χ2v) is 8.54. The highest BCUT2D eigenvalue weighted by atomic mass is 16.3. The normalized spacial score (nSPS) is 16.6. The number of fused-ring (bicyclic) bond motifs is 1. The monoisotopic (exact) mass is 412 g/mol. The average Bonchev–Trinajstić information content (AvgIpc) is 3.47. The van der Waals surface area contributed by atoms with Crippen LogP contribution in [0, 0.1) is 0 Å². The fraction of sp³-hybridized carbons (Fsp3) is 0.346. The van der Waals surface area contributed by atoms with E-state index in [0.717, 1.165) is 34.3 Å². The van der Waals surface area contributed by atoms with E-state index < -0.39 is 5.60 Å². The van der Waals surface area contributed by atoms with E-state index in [1.807, 2.05) is 24.3 Å². The van der Waals surface area contributed by atoms with Crippen LogP contribution >= 0.6 is 0 Å². The van der Waals surface area contributed by atoms with Crippen molar-refractivity contribution in [3.8, 4) is 0 Å². The van der Waals surface area contributed by atoms with Crippen molar-refractivity contribution in [2.24, 2.45) is 0 Å². The molecule has 0 radical (unpaired) electrons. The summed E-state index contributed by atoms with van der Waals surface area (Å²) in [6.07, 6.45) is 13.3. The topological polar surface area (TPSA) is 63.8 Å². The highest BCUT2D eigenvalue weighted by Crippen LogP contribution is 2.38. The molecule has 3 aromatic heterocycles. The number of hydrogen-bond donors (Lipinski definition) is 1. The SMILES string of the molecule is CCc1nn(C2CCCC2)c2cc(C(O)(Cc3ccncc3)c3ccncc3)ccc12. The maximum atomic E-state index is 12.1. The fourth-order valence-electron chi connectivity index (χ4n) is 4.94. The molecule has 0 saturated heterocycles. The van der Waals surface area contributed by atoms with E-state index in [-0.39, 0.29) is 0 Å². The summed E-state index contributed by atoms with van der Waals surface area (Å²) in [7, 11) is 0. The van der Waals surface area contributed by atoms with Crippen molar-refractivity contribution in [1.82, 2.24) is 19.7 Å². The van der Waals surface area contributed by atoms with Crippen molar-refractivity contribution in [2.75, 3.05) is 0 Å². The van der Waals surface area contributed by atoms with Gasteiger partial charge in [-0.1, -0.05) is 31.9 Å². The van der Waals surface area contributed by atoms with Gasteiger partial charge in [-0.05, 0) is 66.3 Å². The second-order valence-electron chi connectivity index (χ2n) is 8.54. The Labute approximate surface area is 182 Å². The highest BCUT2D eigenvalue weighted by Gasteiger charge is 2.33. The Balaban J connectivity index is 1.67. The number of benzene rings is 1. The summed E-state index contributed by atoms with van der Waals surface area (Å²) >= 11 is 0. The molecule has 0 spiro atoms. The summed E-state index contributed by atoms with van der Waals surface area (Å²) in [4.78, 5) is 8.28. The molecule has 1 aliphatic carbocycles. The predicted octanol–water partition coefficient (Wildman–Crippen LogP) is 4.98. The Hall–Kier alpha value is -3.05. The molecule has 1 fully saturated rings. The summed E-state index contributed by atoms with van der Waals surface area (Å²) in [5.41, 5.74) is 3.84. The Morgan fingerprint density at radius 2 is 1.61 bits per heavy atom. The molecule has 31 heavy (non-hydrogen) atoms. The molecule has 0 bridgehead atoms. The van der Waals surface area contributed by atoms with E-state index in [2.05, 4.69) is 39.8 Å². The van der Waals surface area contributed by atoms with E-state index in [9.17, 15) is 5.11 Å². The molecule has 4 aromatic rings. The standard InChI is InChI=1S/C26H28N4O/c1-2-24-23-8-7-21(17-25(23)30(29-24)22-5-3-4-6-22)26(31,20-11-15-28-16-12-20)18-19-9-13-27-14-10-19/h7-17,22,31H,2-6,18H2,1H3. The summed E-state index contributed by atoms with van der Waals surface area (Å²) in [6, 6.07) is 14.5. The van der Waals surface area contributed by atoms with Gasteiger partial charge in [-0.2, -0.15) is 5.10 Å². The van der Waals surface area contributed by atoms with Crippen LogP contribution in [0.4, 0.5) is 0 Å². The molecule has 1 unspecified atom stereocenters. The zero-order valence-electron chi connectivity index (χ0n) is 17.9. The van der Waals surface area contributed by atoms with Crippen LogP contribution < -0.4 is 0 Å². The van der Waals surface area contributed by atoms with Gasteiger partial charge in [-0.15, -0.1) is 0 Å². The van der Waals surface area contributed by atoms with Gasteiger partial charge in [0, 0.05) is 36.6 Å². The number of hydrogen-bond acceptors (Lipinski definition) is 4. The molecule has 1 N–H and O–H groups in total. The summed E-state index contributed by atoms with van der Waals surface area (Å²) < 4.78 is 2.23. The number of rotatable bonds is 6. The highest BCUT2D eigenvalue weighted by molar-refractivity contribution is 5.83. The van der Waals surface area contributed by atoms with Gasteiger partial charge < -0.3 is 5.11 Å². The molecular formula is C26H28N4O. The molecule has 1 atom stereocenters. The molecule has 5 rings (SSSR count). The van der Waals surface area contributed by atoms with Crippen LogP contribution in [-0.4, -0.2) is 24.9 Å². The number of aromatic nitrogens is 4. The van der Waals surface area contributed by atoms with E-state index in [1.54, 1.807) is 24.8 Å². The van der Waals surface area contributed by atoms with Crippen LogP contribution in [0.2, 0.25) is 0 Å². The number of aryl methyl sites for hydroxylation is 1. The lowest BCUT2D eigenvalue weighted by Crippen LogP contribution is -2.30. The van der Waals surface area contributed by atoms with Gasteiger partial charge in [-0.3, -0.25) is 14.6 Å². The molecule has 0 amide bonds. The van der Waals surface area contributed by atoms with Crippen LogP contribution in [0.15, 0.2) is 67.3 Å². The largest absolute Gasteiger partial charge is 0.380 e. The van der Waals surface area contributed by atoms with Crippen molar-refractivity contribution in [2.45, 2.75) is 57.1 Å². The first-order valence-electron chi connectivity index (χ1n) is 11.2. The molecule has 1 aromatic carbocycles. The Kier molecular flexibility index (Phi) is 5.28. The van der Waals surface area contributed by atoms with Gasteiger partial charge in [0.25, 0.3) is 0 Å². The molecule has 5 nitrogen and oxygen atoms in total. The lowest BCUT2D eigenvalue weighted by atomic mass is 9.81. The fourth-order valence-corrected chi connectivity index (χ4v) is 4.94. The van der Waals surface area contributed by atoms with Crippen LogP contribution in [0.1, 0.15) is 61.0 Å². The molecule has 158 valence electrons. The molecule has 1 saturated carbocycles. The predicted molar refractivity (Wildman–Crippen MR) is 122 cm³/mol. The smallest absolute Gasteiger partial charge is 0.119 e. The lowest BCUT2D eigenvalue weighted by molar-refractivity contribution is 0.0811. The number of aliphatic hydroxyl groups is 1. The van der Waals surface area contributed by atoms with Gasteiger partial charge >= 0.3 is 0 Å². The van der Waals surface area contributed by atoms with E-state index in [4.69, 9.17) is 5.10 Å². The van der Waals surface area contributed by atoms with E-state index in [1.165, 1.54) is 31.1 Å². The van der Waals surface area contributed by atoms with Crippen molar-refractivity contribution in [1.29, 1.82) is 0 Å². The minimum atomic E-state index is -1.17. The summed E-state index contributed by atoms with van der Waals surface area (Å²) in [5.74, 6) is 0. The zero-order valence-corrected chi connectivity index (χ0v) is 17.9. The number of pyridine rings is 2. The van der Waals surface area contributed by atoms with Crippen molar-refractivity contribution in [3.63, 3.8) is 0 Å². The minimum absolute atomic E-state index is 0.451. The third kappa shape index (κ3) is 3.63. The number of nitrogens with zero attached hydrogens (tertiary/aromatic N) is 4. The molecule has 5 heteroatoms. The quantitative estimate of drug-likeness (QED) is 0.485. The van der Waals surface area contributed by atoms with Crippen LogP contribution in [0.5, 0.6) is 0 Å². The molecule has 3 heterocycles. The average molecular weight is 413 g/mol. The molecular weight excluding hydrogens is 384 g/mol. The van der Waals surface area contributed by atoms with Crippen molar-refractivity contribution >= 4 is 10.9 Å². The zero-order chi connectivity index (χ0) is 21.3. The van der Waals surface area contributed by atoms with Gasteiger partial charge in [0.15, 0.2) is 0 Å². The maximum Gasteiger partial charge on any atom is 0.119 e. The Morgan fingerprint density at radius 3 is 2.29 bits per heavy atom. The van der Waals surface area contributed by atoms with E-state index >= 15 is 0 Å². The first-order chi connectivity index (χ1) is 15.2. The third-order valence-corrected chi connectivity index (χ3v) is 6.63. The maximum absolute atomic E-state index is 12.1. The van der Waals surface area contributed by atoms with E-state index in [0.29, 0.717) is 12.5 Å². The Morgan fingerprint density at radius 1 is 0.935 bits per heavy atom. The summed E-state index contributed by atoms with van der Waals surface area (Å²) in [6.45, 7) is 2.16. The third-order valence-electron chi connectivity index (χ3n) is 6.63. The van der Waals surface area contributed by atoms with Gasteiger partial charge in [0.05, 0.1) is 17.3 Å². The van der Waals surface area contributed by atoms with Crippen molar-refractivity contribution < 1.29 is 5.11 Å². The minimum Gasteiger partial charge on any atom is -0.380 e. The second kappa shape index (κ2) is 8.23. The first kappa shape index (κ1) is 19.9. The molecule has 1 aliphatic rings.